The van der Waals surface area contributed by atoms with Gasteiger partial charge in [-0.15, -0.1) is 0 Å². The number of nitrogens with one attached hydrogen (secondary N) is 2. The number of halogens is 3. The summed E-state index contributed by atoms with van der Waals surface area (Å²) in [7, 11) is 0. The summed E-state index contributed by atoms with van der Waals surface area (Å²) in [6, 6.07) is 0. The number of alkyl halides is 3. The number of hydrogen-bond acceptors (Lipinski definition) is 2. The van der Waals surface area contributed by atoms with Crippen LogP contribution < -0.4 is 10.6 Å². The Morgan fingerprint density at radius 3 is 2.71 bits per heavy atom. The maximum atomic E-state index is 12.8. The fourth-order valence-corrected chi connectivity index (χ4v) is 3.47. The maximum Gasteiger partial charge on any atom is 0.391 e. The average Bonchev–Trinajstić information content (AvgIpc) is 2.45. The molecule has 2 fully saturated rings. The Labute approximate surface area is 124 Å². The first-order valence-electron chi connectivity index (χ1n) is 7.93. The minimum atomic E-state index is -4.16. The Kier molecular flexibility index (Phi) is 5.52. The monoisotopic (exact) mass is 306 g/mol. The van der Waals surface area contributed by atoms with Crippen LogP contribution in [0.25, 0.3) is 0 Å². The van der Waals surface area contributed by atoms with E-state index < -0.39 is 18.0 Å². The molecule has 1 saturated heterocycles. The van der Waals surface area contributed by atoms with Crippen LogP contribution in [-0.4, -0.2) is 31.7 Å². The molecule has 2 aliphatic rings. The van der Waals surface area contributed by atoms with E-state index >= 15 is 0 Å². The molecule has 122 valence electrons. The van der Waals surface area contributed by atoms with E-state index in [-0.39, 0.29) is 18.7 Å². The van der Waals surface area contributed by atoms with Crippen molar-refractivity contribution in [3.8, 4) is 0 Å². The highest BCUT2D eigenvalue weighted by Crippen LogP contribution is 2.39. The lowest BCUT2D eigenvalue weighted by Gasteiger charge is -2.32. The van der Waals surface area contributed by atoms with E-state index in [0.29, 0.717) is 31.2 Å². The Morgan fingerprint density at radius 1 is 1.29 bits per heavy atom. The second-order valence-corrected chi connectivity index (χ2v) is 6.58. The van der Waals surface area contributed by atoms with Crippen molar-refractivity contribution < 1.29 is 18.0 Å². The topological polar surface area (TPSA) is 41.1 Å². The van der Waals surface area contributed by atoms with Crippen LogP contribution in [0.15, 0.2) is 0 Å². The molecule has 1 aliphatic carbocycles. The van der Waals surface area contributed by atoms with Crippen LogP contribution in [0, 0.1) is 23.7 Å². The smallest absolute Gasteiger partial charge is 0.356 e. The summed E-state index contributed by atoms with van der Waals surface area (Å²) in [5.74, 6) is -1.04. The third-order valence-electron chi connectivity index (χ3n) is 5.01. The molecule has 1 saturated carbocycles. The third-order valence-corrected chi connectivity index (χ3v) is 5.01. The summed E-state index contributed by atoms with van der Waals surface area (Å²) in [4.78, 5) is 12.1. The maximum absolute atomic E-state index is 12.8. The van der Waals surface area contributed by atoms with Crippen LogP contribution in [0.1, 0.15) is 39.0 Å². The van der Waals surface area contributed by atoms with Crippen LogP contribution >= 0.6 is 0 Å². The van der Waals surface area contributed by atoms with Gasteiger partial charge in [-0.05, 0) is 50.6 Å². The van der Waals surface area contributed by atoms with Gasteiger partial charge in [-0.25, -0.2) is 0 Å². The van der Waals surface area contributed by atoms with Gasteiger partial charge < -0.3 is 10.6 Å². The molecule has 21 heavy (non-hydrogen) atoms. The van der Waals surface area contributed by atoms with Crippen molar-refractivity contribution in [1.29, 1.82) is 0 Å². The second kappa shape index (κ2) is 6.99. The van der Waals surface area contributed by atoms with Gasteiger partial charge in [-0.2, -0.15) is 13.2 Å². The highest BCUT2D eigenvalue weighted by molar-refractivity contribution is 5.78. The molecule has 3 nitrogen and oxygen atoms in total. The standard InChI is InChI=1S/C15H25F3N2O/c1-10-8-19-6-5-12(10)9-20-14(21)11-3-2-4-13(7-11)15(16,17)18/h10-13,19H,2-9H2,1H3,(H,20,21). The van der Waals surface area contributed by atoms with E-state index in [4.69, 9.17) is 0 Å². The molecule has 2 N–H and O–H groups in total. The Balaban J connectivity index is 1.80. The number of hydrogen-bond donors (Lipinski definition) is 2. The van der Waals surface area contributed by atoms with Crippen LogP contribution in [0.5, 0.6) is 0 Å². The summed E-state index contributed by atoms with van der Waals surface area (Å²) in [6.45, 7) is 4.63. The zero-order valence-electron chi connectivity index (χ0n) is 12.5. The average molecular weight is 306 g/mol. The van der Waals surface area contributed by atoms with Crippen molar-refractivity contribution in [1.82, 2.24) is 10.6 Å². The molecule has 0 radical (unpaired) electrons. The molecule has 2 rings (SSSR count). The number of carbonyl (C=O) groups excluding carboxylic acids is 1. The zero-order chi connectivity index (χ0) is 15.5. The van der Waals surface area contributed by atoms with E-state index in [1.165, 1.54) is 0 Å². The molecule has 0 aromatic rings. The van der Waals surface area contributed by atoms with Crippen LogP contribution in [-0.2, 0) is 4.79 Å². The van der Waals surface area contributed by atoms with Gasteiger partial charge in [0.1, 0.15) is 0 Å². The van der Waals surface area contributed by atoms with Gasteiger partial charge in [0.05, 0.1) is 5.92 Å². The second-order valence-electron chi connectivity index (χ2n) is 6.58. The van der Waals surface area contributed by atoms with Crippen molar-refractivity contribution in [2.24, 2.45) is 23.7 Å². The summed E-state index contributed by atoms with van der Waals surface area (Å²) in [5, 5.41) is 6.19. The van der Waals surface area contributed by atoms with Crippen LogP contribution in [0.3, 0.4) is 0 Å². The fourth-order valence-electron chi connectivity index (χ4n) is 3.47. The predicted molar refractivity (Wildman–Crippen MR) is 74.7 cm³/mol. The molecular formula is C15H25F3N2O. The lowest BCUT2D eigenvalue weighted by atomic mass is 9.80. The first-order chi connectivity index (χ1) is 9.88. The summed E-state index contributed by atoms with van der Waals surface area (Å²) >= 11 is 0. The quantitative estimate of drug-likeness (QED) is 0.842. The number of rotatable bonds is 3. The van der Waals surface area contributed by atoms with Gasteiger partial charge >= 0.3 is 6.18 Å². The van der Waals surface area contributed by atoms with Crippen molar-refractivity contribution in [2.75, 3.05) is 19.6 Å². The van der Waals surface area contributed by atoms with Crippen LogP contribution in [0.4, 0.5) is 13.2 Å². The minimum absolute atomic E-state index is 0.0445. The molecule has 6 heteroatoms. The Morgan fingerprint density at radius 2 is 2.05 bits per heavy atom. The third kappa shape index (κ3) is 4.59. The Bertz CT molecular complexity index is 359. The molecule has 0 spiro atoms. The summed E-state index contributed by atoms with van der Waals surface area (Å²) in [5.41, 5.74) is 0. The SMILES string of the molecule is CC1CNCCC1CNC(=O)C1CCCC(C(F)(F)F)C1. The van der Waals surface area contributed by atoms with Gasteiger partial charge in [0.2, 0.25) is 5.91 Å². The van der Waals surface area contributed by atoms with E-state index in [1.54, 1.807) is 0 Å². The van der Waals surface area contributed by atoms with Gasteiger partial charge in [-0.3, -0.25) is 4.79 Å². The van der Waals surface area contributed by atoms with Gasteiger partial charge in [0.15, 0.2) is 0 Å². The molecule has 1 amide bonds. The van der Waals surface area contributed by atoms with Crippen molar-refractivity contribution >= 4 is 5.91 Å². The van der Waals surface area contributed by atoms with E-state index in [9.17, 15) is 18.0 Å². The zero-order valence-corrected chi connectivity index (χ0v) is 12.5. The van der Waals surface area contributed by atoms with Crippen molar-refractivity contribution in [3.63, 3.8) is 0 Å². The van der Waals surface area contributed by atoms with Crippen molar-refractivity contribution in [3.05, 3.63) is 0 Å². The van der Waals surface area contributed by atoms with E-state index in [0.717, 1.165) is 19.5 Å². The first kappa shape index (κ1) is 16.6. The first-order valence-corrected chi connectivity index (χ1v) is 7.93. The van der Waals surface area contributed by atoms with E-state index in [2.05, 4.69) is 17.6 Å². The molecule has 4 unspecified atom stereocenters. The largest absolute Gasteiger partial charge is 0.391 e. The van der Waals surface area contributed by atoms with Gasteiger partial charge in [0, 0.05) is 12.5 Å². The number of amides is 1. The van der Waals surface area contributed by atoms with Crippen LogP contribution in [0.2, 0.25) is 0 Å². The van der Waals surface area contributed by atoms with Gasteiger partial charge in [-0.1, -0.05) is 13.3 Å². The van der Waals surface area contributed by atoms with Gasteiger partial charge in [0.25, 0.3) is 0 Å². The highest BCUT2D eigenvalue weighted by Gasteiger charge is 2.43. The van der Waals surface area contributed by atoms with E-state index in [1.807, 2.05) is 0 Å². The molecule has 1 heterocycles. The lowest BCUT2D eigenvalue weighted by molar-refractivity contribution is -0.186. The molecule has 0 aromatic carbocycles. The number of piperidine rings is 1. The normalized spacial score (nSPS) is 34.5. The summed E-state index contributed by atoms with van der Waals surface area (Å²) < 4.78 is 38.3. The molecule has 4 atom stereocenters. The molecular weight excluding hydrogens is 281 g/mol. The fraction of sp³-hybridized carbons (Fsp3) is 0.933. The summed E-state index contributed by atoms with van der Waals surface area (Å²) in [6.07, 6.45) is -1.96. The molecule has 0 bridgehead atoms. The predicted octanol–water partition coefficient (Wildman–Crippen LogP) is 2.72. The number of carbonyl (C=O) groups is 1. The minimum Gasteiger partial charge on any atom is -0.356 e. The Hall–Kier alpha value is -0.780. The van der Waals surface area contributed by atoms with Crippen molar-refractivity contribution in [2.45, 2.75) is 45.2 Å². The molecule has 1 aliphatic heterocycles. The highest BCUT2D eigenvalue weighted by atomic mass is 19.4. The molecule has 0 aromatic heterocycles. The lowest BCUT2D eigenvalue weighted by Crippen LogP contribution is -2.43.